The summed E-state index contributed by atoms with van der Waals surface area (Å²) in [4.78, 5) is 30.5. The fraction of sp³-hybridized carbons (Fsp3) is 0.688. The summed E-state index contributed by atoms with van der Waals surface area (Å²) < 4.78 is 0. The zero-order chi connectivity index (χ0) is 16.7. The number of amides is 1. The summed E-state index contributed by atoms with van der Waals surface area (Å²) in [6.45, 7) is 7.81. The van der Waals surface area contributed by atoms with E-state index in [2.05, 4.69) is 15.3 Å². The molecule has 0 aliphatic heterocycles. The molecule has 0 radical (unpaired) electrons. The van der Waals surface area contributed by atoms with E-state index in [1.54, 1.807) is 13.8 Å². The lowest BCUT2D eigenvalue weighted by atomic mass is 9.96. The molecule has 124 valence electrons. The third-order valence-corrected chi connectivity index (χ3v) is 4.04. The number of carbonyl (C=O) groups is 1. The summed E-state index contributed by atoms with van der Waals surface area (Å²) in [6, 6.07) is 0. The van der Waals surface area contributed by atoms with Gasteiger partial charge in [-0.25, -0.2) is 4.98 Å². The molecule has 0 aromatic carbocycles. The molecule has 22 heavy (non-hydrogen) atoms. The first-order chi connectivity index (χ1) is 10.4. The second kappa shape index (κ2) is 8.68. The molecular formula is C16H27N3O3. The van der Waals surface area contributed by atoms with Gasteiger partial charge in [-0.05, 0) is 26.2 Å². The number of hydrogen-bond donors (Lipinski definition) is 3. The van der Waals surface area contributed by atoms with E-state index in [-0.39, 0.29) is 30.3 Å². The number of hydrogen-bond acceptors (Lipinski definition) is 4. The lowest BCUT2D eigenvalue weighted by Crippen LogP contribution is -2.36. The minimum absolute atomic E-state index is 0.163. The summed E-state index contributed by atoms with van der Waals surface area (Å²) >= 11 is 0. The quantitative estimate of drug-likeness (QED) is 0.673. The number of aryl methyl sites for hydroxylation is 2. The fourth-order valence-corrected chi connectivity index (χ4v) is 2.59. The molecule has 1 amide bonds. The summed E-state index contributed by atoms with van der Waals surface area (Å²) in [5.74, 6) is 0.611. The van der Waals surface area contributed by atoms with E-state index in [1.165, 1.54) is 0 Å². The summed E-state index contributed by atoms with van der Waals surface area (Å²) in [5.41, 5.74) is 1.02. The Morgan fingerprint density at radius 2 is 1.95 bits per heavy atom. The van der Waals surface area contributed by atoms with Crippen molar-refractivity contribution in [2.45, 2.75) is 59.5 Å². The number of rotatable bonds is 8. The van der Waals surface area contributed by atoms with Gasteiger partial charge in [-0.15, -0.1) is 0 Å². The molecule has 0 fully saturated rings. The molecule has 1 aromatic heterocycles. The molecule has 1 heterocycles. The van der Waals surface area contributed by atoms with Crippen LogP contribution in [0.4, 0.5) is 0 Å². The van der Waals surface area contributed by atoms with Crippen LogP contribution in [0.15, 0.2) is 4.79 Å². The standard InChI is InChI=1S/C16H27N3O3/c1-5-12(6-2)14(20)9-17-15(21)8-7-13-10(3)18-11(4)19-16(13)22/h12,14,20H,5-9H2,1-4H3,(H,17,21)(H,18,19,22). The lowest BCUT2D eigenvalue weighted by Gasteiger charge is -2.20. The van der Waals surface area contributed by atoms with Gasteiger partial charge in [-0.3, -0.25) is 9.59 Å². The number of aromatic amines is 1. The van der Waals surface area contributed by atoms with Crippen molar-refractivity contribution in [3.63, 3.8) is 0 Å². The first kappa shape index (κ1) is 18.4. The Bertz CT molecular complexity index is 550. The van der Waals surface area contributed by atoms with Crippen molar-refractivity contribution in [1.29, 1.82) is 0 Å². The topological polar surface area (TPSA) is 95.1 Å². The van der Waals surface area contributed by atoms with Gasteiger partial charge in [0.1, 0.15) is 5.82 Å². The number of aliphatic hydroxyl groups excluding tert-OH is 1. The van der Waals surface area contributed by atoms with Crippen molar-refractivity contribution >= 4 is 5.91 Å². The van der Waals surface area contributed by atoms with Crippen LogP contribution in [0.5, 0.6) is 0 Å². The van der Waals surface area contributed by atoms with E-state index in [1.807, 2.05) is 13.8 Å². The maximum atomic E-state index is 11.9. The second-order valence-corrected chi connectivity index (χ2v) is 5.66. The van der Waals surface area contributed by atoms with Crippen LogP contribution in [0, 0.1) is 19.8 Å². The van der Waals surface area contributed by atoms with Crippen LogP contribution >= 0.6 is 0 Å². The van der Waals surface area contributed by atoms with Crippen LogP contribution in [0.25, 0.3) is 0 Å². The van der Waals surface area contributed by atoms with Gasteiger partial charge in [-0.1, -0.05) is 26.7 Å². The van der Waals surface area contributed by atoms with Crippen LogP contribution in [0.1, 0.15) is 50.2 Å². The smallest absolute Gasteiger partial charge is 0.254 e. The average Bonchev–Trinajstić information content (AvgIpc) is 2.45. The lowest BCUT2D eigenvalue weighted by molar-refractivity contribution is -0.121. The van der Waals surface area contributed by atoms with Gasteiger partial charge in [0.2, 0.25) is 5.91 Å². The van der Waals surface area contributed by atoms with Gasteiger partial charge >= 0.3 is 0 Å². The number of aliphatic hydroxyl groups is 1. The number of carbonyl (C=O) groups excluding carboxylic acids is 1. The Balaban J connectivity index is 2.49. The first-order valence-corrected chi connectivity index (χ1v) is 7.90. The Morgan fingerprint density at radius 1 is 1.32 bits per heavy atom. The molecule has 0 spiro atoms. The average molecular weight is 309 g/mol. The highest BCUT2D eigenvalue weighted by molar-refractivity contribution is 5.76. The van der Waals surface area contributed by atoms with Crippen molar-refractivity contribution in [2.75, 3.05) is 6.54 Å². The van der Waals surface area contributed by atoms with Crippen LogP contribution in [0.3, 0.4) is 0 Å². The SMILES string of the molecule is CCC(CC)C(O)CNC(=O)CCc1c(C)nc(C)[nH]c1=O. The molecule has 3 N–H and O–H groups in total. The second-order valence-electron chi connectivity index (χ2n) is 5.66. The third kappa shape index (κ3) is 5.26. The highest BCUT2D eigenvalue weighted by atomic mass is 16.3. The largest absolute Gasteiger partial charge is 0.391 e. The van der Waals surface area contributed by atoms with Gasteiger partial charge in [0, 0.05) is 24.2 Å². The minimum Gasteiger partial charge on any atom is -0.391 e. The minimum atomic E-state index is -0.523. The molecule has 0 saturated carbocycles. The maximum absolute atomic E-state index is 11.9. The molecule has 6 nitrogen and oxygen atoms in total. The molecule has 0 aliphatic carbocycles. The first-order valence-electron chi connectivity index (χ1n) is 7.90. The van der Waals surface area contributed by atoms with Gasteiger partial charge in [-0.2, -0.15) is 0 Å². The summed E-state index contributed by atoms with van der Waals surface area (Å²) in [6.07, 6.45) is 1.81. The van der Waals surface area contributed by atoms with E-state index < -0.39 is 6.10 Å². The Hall–Kier alpha value is -1.69. The highest BCUT2D eigenvalue weighted by Crippen LogP contribution is 2.12. The van der Waals surface area contributed by atoms with Gasteiger partial charge in [0.05, 0.1) is 6.10 Å². The normalized spacial score (nSPS) is 12.5. The molecular weight excluding hydrogens is 282 g/mol. The van der Waals surface area contributed by atoms with E-state index in [4.69, 9.17) is 0 Å². The van der Waals surface area contributed by atoms with Crippen molar-refractivity contribution in [3.8, 4) is 0 Å². The van der Waals surface area contributed by atoms with Crippen molar-refractivity contribution in [2.24, 2.45) is 5.92 Å². The van der Waals surface area contributed by atoms with E-state index >= 15 is 0 Å². The Labute approximate surface area is 131 Å². The van der Waals surface area contributed by atoms with Gasteiger partial charge in [0.25, 0.3) is 5.56 Å². The zero-order valence-corrected chi connectivity index (χ0v) is 13.9. The van der Waals surface area contributed by atoms with Crippen molar-refractivity contribution in [1.82, 2.24) is 15.3 Å². The van der Waals surface area contributed by atoms with Crippen molar-refractivity contribution < 1.29 is 9.90 Å². The van der Waals surface area contributed by atoms with E-state index in [9.17, 15) is 14.7 Å². The van der Waals surface area contributed by atoms with Crippen molar-refractivity contribution in [3.05, 3.63) is 27.4 Å². The maximum Gasteiger partial charge on any atom is 0.254 e. The molecule has 6 heteroatoms. The number of nitrogens with zero attached hydrogens (tertiary/aromatic N) is 1. The zero-order valence-electron chi connectivity index (χ0n) is 13.9. The van der Waals surface area contributed by atoms with Crippen LogP contribution in [0.2, 0.25) is 0 Å². The number of nitrogens with one attached hydrogen (secondary N) is 2. The van der Waals surface area contributed by atoms with Crippen LogP contribution in [-0.2, 0) is 11.2 Å². The van der Waals surface area contributed by atoms with Gasteiger partial charge < -0.3 is 15.4 Å². The predicted molar refractivity (Wildman–Crippen MR) is 85.7 cm³/mol. The third-order valence-electron chi connectivity index (χ3n) is 4.04. The molecule has 1 atom stereocenters. The molecule has 1 unspecified atom stereocenters. The Morgan fingerprint density at radius 3 is 2.50 bits per heavy atom. The summed E-state index contributed by atoms with van der Waals surface area (Å²) in [7, 11) is 0. The number of aromatic nitrogens is 2. The number of H-pyrrole nitrogens is 1. The highest BCUT2D eigenvalue weighted by Gasteiger charge is 2.16. The van der Waals surface area contributed by atoms with E-state index in [0.29, 0.717) is 23.5 Å². The monoisotopic (exact) mass is 309 g/mol. The predicted octanol–water partition coefficient (Wildman–Crippen LogP) is 1.23. The molecule has 0 bridgehead atoms. The van der Waals surface area contributed by atoms with Crippen LogP contribution < -0.4 is 10.9 Å². The Kier molecular flexibility index (Phi) is 7.24. The summed E-state index contributed by atoms with van der Waals surface area (Å²) in [5, 5.41) is 12.7. The fourth-order valence-electron chi connectivity index (χ4n) is 2.59. The molecule has 1 aromatic rings. The van der Waals surface area contributed by atoms with Gasteiger partial charge in [0.15, 0.2) is 0 Å². The van der Waals surface area contributed by atoms with E-state index in [0.717, 1.165) is 12.8 Å². The molecule has 0 aliphatic rings. The molecule has 0 saturated heterocycles. The van der Waals surface area contributed by atoms with Crippen LogP contribution in [-0.4, -0.2) is 33.6 Å². The molecule has 1 rings (SSSR count).